The van der Waals surface area contributed by atoms with Crippen molar-refractivity contribution in [3.8, 4) is 0 Å². The van der Waals surface area contributed by atoms with E-state index in [1.807, 2.05) is 19.1 Å². The fraction of sp³-hybridized carbons (Fsp3) is 0.438. The van der Waals surface area contributed by atoms with Gasteiger partial charge in [0.25, 0.3) is 0 Å². The molecule has 0 fully saturated rings. The van der Waals surface area contributed by atoms with Crippen molar-refractivity contribution in [3.63, 3.8) is 0 Å². The molecule has 1 atom stereocenters. The van der Waals surface area contributed by atoms with Crippen LogP contribution in [0.1, 0.15) is 18.1 Å². The van der Waals surface area contributed by atoms with Crippen LogP contribution in [0, 0.1) is 13.8 Å². The Morgan fingerprint density at radius 1 is 1.38 bits per heavy atom. The lowest BCUT2D eigenvalue weighted by molar-refractivity contribution is -0.119. The van der Waals surface area contributed by atoms with Crippen molar-refractivity contribution in [3.05, 3.63) is 29.3 Å². The first-order valence-corrected chi connectivity index (χ1v) is 9.37. The van der Waals surface area contributed by atoms with Gasteiger partial charge in [0.2, 0.25) is 11.0 Å². The topological polar surface area (TPSA) is 76.1 Å². The zero-order chi connectivity index (χ0) is 17.5. The Balaban J connectivity index is 1.87. The van der Waals surface area contributed by atoms with Crippen molar-refractivity contribution in [1.29, 1.82) is 0 Å². The van der Waals surface area contributed by atoms with E-state index in [1.165, 1.54) is 34.2 Å². The normalized spacial score (nSPS) is 12.0. The van der Waals surface area contributed by atoms with Crippen molar-refractivity contribution in [2.24, 2.45) is 0 Å². The molecule has 0 radical (unpaired) electrons. The Morgan fingerprint density at radius 2 is 2.17 bits per heavy atom. The summed E-state index contributed by atoms with van der Waals surface area (Å²) >= 11 is 2.82. The van der Waals surface area contributed by atoms with Gasteiger partial charge in [-0.15, -0.1) is 10.2 Å². The summed E-state index contributed by atoms with van der Waals surface area (Å²) in [5, 5.41) is 15.1. The summed E-state index contributed by atoms with van der Waals surface area (Å²) in [7, 11) is 1.61. The lowest BCUT2D eigenvalue weighted by Gasteiger charge is -2.11. The van der Waals surface area contributed by atoms with Gasteiger partial charge in [0.15, 0.2) is 4.34 Å². The molecule has 0 bridgehead atoms. The van der Waals surface area contributed by atoms with Crippen LogP contribution < -0.4 is 10.6 Å². The molecule has 2 aromatic rings. The van der Waals surface area contributed by atoms with Gasteiger partial charge in [0, 0.05) is 18.8 Å². The second-order valence-corrected chi connectivity index (χ2v) is 7.66. The van der Waals surface area contributed by atoms with E-state index in [0.29, 0.717) is 12.4 Å². The predicted octanol–water partition coefficient (Wildman–Crippen LogP) is 3.14. The molecule has 0 unspecified atom stereocenters. The molecule has 6 nitrogen and oxygen atoms in total. The summed E-state index contributed by atoms with van der Waals surface area (Å²) in [6.07, 6.45) is 0. The Kier molecular flexibility index (Phi) is 7.01. The monoisotopic (exact) mass is 366 g/mol. The van der Waals surface area contributed by atoms with Gasteiger partial charge in [-0.3, -0.25) is 4.79 Å². The number of benzene rings is 1. The number of nitrogens with one attached hydrogen (secondary N) is 2. The van der Waals surface area contributed by atoms with E-state index in [2.05, 4.69) is 40.7 Å². The van der Waals surface area contributed by atoms with Gasteiger partial charge in [-0.25, -0.2) is 0 Å². The number of anilines is 2. The van der Waals surface area contributed by atoms with E-state index >= 15 is 0 Å². The minimum atomic E-state index is -0.0382. The number of amides is 1. The summed E-state index contributed by atoms with van der Waals surface area (Å²) in [4.78, 5) is 11.8. The van der Waals surface area contributed by atoms with Gasteiger partial charge in [-0.1, -0.05) is 35.2 Å². The maximum absolute atomic E-state index is 11.8. The maximum Gasteiger partial charge on any atom is 0.230 e. The second-order valence-electron chi connectivity index (χ2n) is 5.46. The van der Waals surface area contributed by atoms with E-state index in [0.717, 1.165) is 15.2 Å². The first-order valence-electron chi connectivity index (χ1n) is 7.57. The Hall–Kier alpha value is -1.64. The van der Waals surface area contributed by atoms with Gasteiger partial charge in [0.1, 0.15) is 0 Å². The predicted molar refractivity (Wildman–Crippen MR) is 99.3 cm³/mol. The molecule has 130 valence electrons. The van der Waals surface area contributed by atoms with Crippen LogP contribution in [-0.4, -0.2) is 41.6 Å². The maximum atomic E-state index is 11.8. The molecule has 1 aromatic heterocycles. The van der Waals surface area contributed by atoms with E-state index in [1.54, 1.807) is 7.11 Å². The zero-order valence-electron chi connectivity index (χ0n) is 14.3. The summed E-state index contributed by atoms with van der Waals surface area (Å²) in [5.41, 5.74) is 3.43. The molecule has 1 amide bonds. The van der Waals surface area contributed by atoms with Crippen LogP contribution >= 0.6 is 23.1 Å². The van der Waals surface area contributed by atoms with Gasteiger partial charge < -0.3 is 15.4 Å². The quantitative estimate of drug-likeness (QED) is 0.699. The number of hydrogen-bond acceptors (Lipinski definition) is 7. The molecule has 0 spiro atoms. The first-order chi connectivity index (χ1) is 11.5. The molecule has 0 saturated heterocycles. The number of aryl methyl sites for hydroxylation is 1. The average molecular weight is 367 g/mol. The van der Waals surface area contributed by atoms with Crippen molar-refractivity contribution in [1.82, 2.24) is 15.5 Å². The fourth-order valence-corrected chi connectivity index (χ4v) is 3.63. The molecule has 0 aliphatic rings. The molecule has 1 aromatic carbocycles. The minimum absolute atomic E-state index is 0.000886. The lowest BCUT2D eigenvalue weighted by atomic mass is 10.1. The van der Waals surface area contributed by atoms with Crippen molar-refractivity contribution < 1.29 is 9.53 Å². The molecule has 24 heavy (non-hydrogen) atoms. The molecule has 2 rings (SSSR count). The van der Waals surface area contributed by atoms with Crippen LogP contribution in [0.15, 0.2) is 22.5 Å². The summed E-state index contributed by atoms with van der Waals surface area (Å²) in [6.45, 7) is 6.55. The summed E-state index contributed by atoms with van der Waals surface area (Å²) < 4.78 is 5.76. The standard InChI is InChI=1S/C16H22N4O2S2/c1-10-6-5-7-13(12(10)3)18-15-19-20-16(24-15)23-9-14(21)17-11(2)8-22-4/h5-7,11H,8-9H2,1-4H3,(H,17,21)(H,18,19)/t11-/m0/s1. The van der Waals surface area contributed by atoms with Crippen LogP contribution in [0.4, 0.5) is 10.8 Å². The lowest BCUT2D eigenvalue weighted by Crippen LogP contribution is -2.36. The van der Waals surface area contributed by atoms with E-state index in [-0.39, 0.29) is 11.9 Å². The minimum Gasteiger partial charge on any atom is -0.383 e. The van der Waals surface area contributed by atoms with Crippen molar-refractivity contribution >= 4 is 39.8 Å². The Morgan fingerprint density at radius 3 is 2.92 bits per heavy atom. The highest BCUT2D eigenvalue weighted by molar-refractivity contribution is 8.01. The number of thioether (sulfide) groups is 1. The van der Waals surface area contributed by atoms with Crippen LogP contribution in [0.25, 0.3) is 0 Å². The SMILES string of the molecule is COC[C@H](C)NC(=O)CSc1nnc(Nc2cccc(C)c2C)s1. The number of rotatable bonds is 8. The third-order valence-corrected chi connectivity index (χ3v) is 5.38. The number of methoxy groups -OCH3 is 1. The van der Waals surface area contributed by atoms with Crippen LogP contribution in [0.5, 0.6) is 0 Å². The number of ether oxygens (including phenoxy) is 1. The molecular weight excluding hydrogens is 344 g/mol. The van der Waals surface area contributed by atoms with E-state index in [4.69, 9.17) is 4.74 Å². The number of aromatic nitrogens is 2. The van der Waals surface area contributed by atoms with E-state index < -0.39 is 0 Å². The largest absolute Gasteiger partial charge is 0.383 e. The number of carbonyl (C=O) groups excluding carboxylic acids is 1. The van der Waals surface area contributed by atoms with Gasteiger partial charge >= 0.3 is 0 Å². The molecule has 1 heterocycles. The van der Waals surface area contributed by atoms with Crippen molar-refractivity contribution in [2.45, 2.75) is 31.2 Å². The van der Waals surface area contributed by atoms with Crippen molar-refractivity contribution in [2.75, 3.05) is 24.8 Å². The smallest absolute Gasteiger partial charge is 0.230 e. The first kappa shape index (κ1) is 18.7. The number of carbonyl (C=O) groups is 1. The molecule has 2 N–H and O–H groups in total. The molecular formula is C16H22N4O2S2. The van der Waals surface area contributed by atoms with Crippen LogP contribution in [0.3, 0.4) is 0 Å². The molecule has 0 aliphatic carbocycles. The average Bonchev–Trinajstić information content (AvgIpc) is 2.98. The Bertz CT molecular complexity index is 690. The van der Waals surface area contributed by atoms with Gasteiger partial charge in [0.05, 0.1) is 12.4 Å². The second kappa shape index (κ2) is 9.00. The van der Waals surface area contributed by atoms with Crippen LogP contribution in [-0.2, 0) is 9.53 Å². The Labute approximate surface area is 150 Å². The van der Waals surface area contributed by atoms with E-state index in [9.17, 15) is 4.79 Å². The zero-order valence-corrected chi connectivity index (χ0v) is 15.9. The highest BCUT2D eigenvalue weighted by Crippen LogP contribution is 2.29. The highest BCUT2D eigenvalue weighted by Gasteiger charge is 2.11. The third-order valence-electron chi connectivity index (χ3n) is 3.40. The molecule has 0 saturated carbocycles. The fourth-order valence-electron chi connectivity index (χ4n) is 2.06. The summed E-state index contributed by atoms with van der Waals surface area (Å²) in [5.74, 6) is 0.274. The van der Waals surface area contributed by atoms with Gasteiger partial charge in [-0.05, 0) is 38.0 Å². The molecule has 8 heteroatoms. The third kappa shape index (κ3) is 5.47. The highest BCUT2D eigenvalue weighted by atomic mass is 32.2. The number of hydrogen-bond donors (Lipinski definition) is 2. The van der Waals surface area contributed by atoms with Crippen LogP contribution in [0.2, 0.25) is 0 Å². The molecule has 0 aliphatic heterocycles. The number of nitrogens with zero attached hydrogens (tertiary/aromatic N) is 2. The van der Waals surface area contributed by atoms with Gasteiger partial charge in [-0.2, -0.15) is 0 Å². The summed E-state index contributed by atoms with van der Waals surface area (Å²) in [6, 6.07) is 6.10.